The van der Waals surface area contributed by atoms with Gasteiger partial charge in [-0.05, 0) is 47.0 Å². The molecule has 2 rings (SSSR count). The number of esters is 1. The summed E-state index contributed by atoms with van der Waals surface area (Å²) in [7, 11) is 1.30. The number of nitrogens with zero attached hydrogens (tertiary/aromatic N) is 1. The molecule has 0 aliphatic carbocycles. The van der Waals surface area contributed by atoms with Crippen molar-refractivity contribution in [3.63, 3.8) is 0 Å². The first-order chi connectivity index (χ1) is 9.04. The van der Waals surface area contributed by atoms with Gasteiger partial charge in [0.05, 0.1) is 11.6 Å². The Bertz CT molecular complexity index is 521. The second kappa shape index (κ2) is 5.69. The van der Waals surface area contributed by atoms with Gasteiger partial charge in [-0.1, -0.05) is 0 Å². The fraction of sp³-hybridized carbons (Fsp3) is 0.385. The number of benzene rings is 1. The van der Waals surface area contributed by atoms with Crippen molar-refractivity contribution in [3.05, 3.63) is 34.1 Å². The smallest absolute Gasteiger partial charge is 0.328 e. The number of amides is 1. The average Bonchev–Trinajstić information content (AvgIpc) is 2.89. The van der Waals surface area contributed by atoms with E-state index >= 15 is 0 Å². The standard InChI is InChI=1S/C13H13BrFNO3/c1-19-13(18)11-3-2-6-16(11)12(17)8-4-5-10(15)9(14)7-8/h4-5,7,11H,2-3,6H2,1H3. The Morgan fingerprint density at radius 2 is 2.21 bits per heavy atom. The highest BCUT2D eigenvalue weighted by Gasteiger charge is 2.35. The third-order valence-corrected chi connectivity index (χ3v) is 3.76. The van der Waals surface area contributed by atoms with Crippen LogP contribution in [0.15, 0.2) is 22.7 Å². The number of carbonyl (C=O) groups is 2. The molecule has 1 aliphatic rings. The van der Waals surface area contributed by atoms with Crippen LogP contribution in [0.3, 0.4) is 0 Å². The molecule has 6 heteroatoms. The molecule has 1 amide bonds. The first-order valence-electron chi connectivity index (χ1n) is 5.88. The van der Waals surface area contributed by atoms with Gasteiger partial charge < -0.3 is 9.64 Å². The molecule has 102 valence electrons. The molecule has 1 atom stereocenters. The summed E-state index contributed by atoms with van der Waals surface area (Å²) in [5.41, 5.74) is 0.351. The molecule has 1 aliphatic heterocycles. The Kier molecular flexibility index (Phi) is 4.19. The summed E-state index contributed by atoms with van der Waals surface area (Å²) < 4.78 is 18.1. The minimum Gasteiger partial charge on any atom is -0.467 e. The lowest BCUT2D eigenvalue weighted by Gasteiger charge is -2.22. The molecule has 1 heterocycles. The summed E-state index contributed by atoms with van der Waals surface area (Å²) in [5.74, 6) is -1.12. The van der Waals surface area contributed by atoms with Gasteiger partial charge in [-0.3, -0.25) is 4.79 Å². The molecule has 0 bridgehead atoms. The molecule has 19 heavy (non-hydrogen) atoms. The van der Waals surface area contributed by atoms with E-state index in [1.165, 1.54) is 30.2 Å². The van der Waals surface area contributed by atoms with Gasteiger partial charge in [0, 0.05) is 12.1 Å². The number of hydrogen-bond acceptors (Lipinski definition) is 3. The van der Waals surface area contributed by atoms with Gasteiger partial charge in [0.25, 0.3) is 5.91 Å². The summed E-state index contributed by atoms with van der Waals surface area (Å²) in [6.45, 7) is 0.508. The lowest BCUT2D eigenvalue weighted by Crippen LogP contribution is -2.41. The minimum absolute atomic E-state index is 0.229. The monoisotopic (exact) mass is 329 g/mol. The van der Waals surface area contributed by atoms with Crippen LogP contribution >= 0.6 is 15.9 Å². The van der Waals surface area contributed by atoms with Crippen LogP contribution in [-0.2, 0) is 9.53 Å². The second-order valence-corrected chi connectivity index (χ2v) is 5.16. The Hall–Kier alpha value is -1.43. The van der Waals surface area contributed by atoms with Crippen LogP contribution in [0.5, 0.6) is 0 Å². The maximum Gasteiger partial charge on any atom is 0.328 e. The number of carbonyl (C=O) groups excluding carboxylic acids is 2. The molecule has 0 aromatic heterocycles. The van der Waals surface area contributed by atoms with E-state index in [-0.39, 0.29) is 10.4 Å². The molecular weight excluding hydrogens is 317 g/mol. The molecule has 0 N–H and O–H groups in total. The van der Waals surface area contributed by atoms with E-state index in [2.05, 4.69) is 15.9 Å². The SMILES string of the molecule is COC(=O)C1CCCN1C(=O)c1ccc(F)c(Br)c1. The van der Waals surface area contributed by atoms with Crippen LogP contribution in [0.2, 0.25) is 0 Å². The zero-order chi connectivity index (χ0) is 14.0. The minimum atomic E-state index is -0.540. The van der Waals surface area contributed by atoms with E-state index in [0.717, 1.165) is 6.42 Å². The van der Waals surface area contributed by atoms with E-state index in [9.17, 15) is 14.0 Å². The van der Waals surface area contributed by atoms with Gasteiger partial charge in [-0.25, -0.2) is 9.18 Å². The van der Waals surface area contributed by atoms with Gasteiger partial charge in [0.15, 0.2) is 0 Å². The summed E-state index contributed by atoms with van der Waals surface area (Å²) in [6, 6.07) is 3.52. The van der Waals surface area contributed by atoms with E-state index < -0.39 is 17.8 Å². The average molecular weight is 330 g/mol. The summed E-state index contributed by atoms with van der Waals surface area (Å²) in [5, 5.41) is 0. The van der Waals surface area contributed by atoms with Gasteiger partial charge in [0.2, 0.25) is 0 Å². The quantitative estimate of drug-likeness (QED) is 0.782. The van der Waals surface area contributed by atoms with Gasteiger partial charge in [0.1, 0.15) is 11.9 Å². The first-order valence-corrected chi connectivity index (χ1v) is 6.67. The topological polar surface area (TPSA) is 46.6 Å². The molecule has 1 aromatic rings. The summed E-state index contributed by atoms with van der Waals surface area (Å²) in [4.78, 5) is 25.4. The third-order valence-electron chi connectivity index (χ3n) is 3.15. The highest BCUT2D eigenvalue weighted by atomic mass is 79.9. The van der Waals surface area contributed by atoms with Crippen LogP contribution in [0.4, 0.5) is 4.39 Å². The molecule has 0 radical (unpaired) electrons. The zero-order valence-electron chi connectivity index (χ0n) is 10.4. The molecule has 0 saturated carbocycles. The van der Waals surface area contributed by atoms with Crippen LogP contribution in [0, 0.1) is 5.82 Å². The number of hydrogen-bond donors (Lipinski definition) is 0. The lowest BCUT2D eigenvalue weighted by atomic mass is 10.1. The van der Waals surface area contributed by atoms with E-state index in [1.807, 2.05) is 0 Å². The van der Waals surface area contributed by atoms with Gasteiger partial charge >= 0.3 is 5.97 Å². The van der Waals surface area contributed by atoms with Gasteiger partial charge in [-0.2, -0.15) is 0 Å². The maximum absolute atomic E-state index is 13.2. The Morgan fingerprint density at radius 3 is 2.84 bits per heavy atom. The molecule has 1 fully saturated rings. The van der Waals surface area contributed by atoms with E-state index in [1.54, 1.807) is 0 Å². The Morgan fingerprint density at radius 1 is 1.47 bits per heavy atom. The molecule has 1 aromatic carbocycles. The molecule has 4 nitrogen and oxygen atoms in total. The van der Waals surface area contributed by atoms with Crippen LogP contribution in [0.25, 0.3) is 0 Å². The van der Waals surface area contributed by atoms with Crippen molar-refractivity contribution in [2.24, 2.45) is 0 Å². The van der Waals surface area contributed by atoms with Crippen molar-refractivity contribution in [1.29, 1.82) is 0 Å². The first kappa shape index (κ1) is 14.0. The predicted octanol–water partition coefficient (Wildman–Crippen LogP) is 2.37. The molecular formula is C13H13BrFNO3. The van der Waals surface area contributed by atoms with Crippen LogP contribution in [-0.4, -0.2) is 36.5 Å². The Labute approximate surface area is 118 Å². The fourth-order valence-electron chi connectivity index (χ4n) is 2.19. The second-order valence-electron chi connectivity index (χ2n) is 4.31. The van der Waals surface area contributed by atoms with E-state index in [4.69, 9.17) is 4.74 Å². The van der Waals surface area contributed by atoms with Crippen molar-refractivity contribution < 1.29 is 18.7 Å². The highest BCUT2D eigenvalue weighted by Crippen LogP contribution is 2.23. The van der Waals surface area contributed by atoms with Crippen molar-refractivity contribution in [3.8, 4) is 0 Å². The van der Waals surface area contributed by atoms with Gasteiger partial charge in [-0.15, -0.1) is 0 Å². The summed E-state index contributed by atoms with van der Waals surface area (Å²) >= 11 is 3.04. The number of rotatable bonds is 2. The number of methoxy groups -OCH3 is 1. The van der Waals surface area contributed by atoms with Crippen LogP contribution in [0.1, 0.15) is 23.2 Å². The normalized spacial score (nSPS) is 18.5. The van der Waals surface area contributed by atoms with Crippen molar-refractivity contribution >= 4 is 27.8 Å². The largest absolute Gasteiger partial charge is 0.467 e. The predicted molar refractivity (Wildman–Crippen MR) is 70.2 cm³/mol. The maximum atomic E-state index is 13.2. The highest BCUT2D eigenvalue weighted by molar-refractivity contribution is 9.10. The van der Waals surface area contributed by atoms with Crippen LogP contribution < -0.4 is 0 Å². The van der Waals surface area contributed by atoms with Crippen molar-refractivity contribution in [2.75, 3.05) is 13.7 Å². The number of ether oxygens (including phenoxy) is 1. The summed E-state index contributed by atoms with van der Waals surface area (Å²) in [6.07, 6.45) is 1.36. The fourth-order valence-corrected chi connectivity index (χ4v) is 2.56. The molecule has 1 saturated heterocycles. The lowest BCUT2D eigenvalue weighted by molar-refractivity contribution is -0.145. The van der Waals surface area contributed by atoms with E-state index in [0.29, 0.717) is 18.5 Å². The number of halogens is 2. The van der Waals surface area contributed by atoms with Crippen molar-refractivity contribution in [1.82, 2.24) is 4.90 Å². The third kappa shape index (κ3) is 2.78. The van der Waals surface area contributed by atoms with Crippen molar-refractivity contribution in [2.45, 2.75) is 18.9 Å². The molecule has 1 unspecified atom stereocenters. The number of likely N-dealkylation sites (tertiary alicyclic amines) is 1. The molecule has 0 spiro atoms. The zero-order valence-corrected chi connectivity index (χ0v) is 11.9. The Balaban J connectivity index is 2.23.